The van der Waals surface area contributed by atoms with Gasteiger partial charge in [-0.05, 0) is 36.1 Å². The molecule has 1 N–H and O–H groups in total. The molecule has 0 heterocycles. The number of nitrogens with zero attached hydrogens (tertiary/aromatic N) is 1. The summed E-state index contributed by atoms with van der Waals surface area (Å²) in [7, 11) is 3.24. The first-order valence-electron chi connectivity index (χ1n) is 7.81. The Bertz CT molecular complexity index is 732. The normalized spacial score (nSPS) is 10.4. The molecule has 0 spiro atoms. The third kappa shape index (κ3) is 5.34. The largest absolute Gasteiger partial charge is 0.380 e. The first-order chi connectivity index (χ1) is 12.0. The average Bonchev–Trinajstić information content (AvgIpc) is 2.62. The van der Waals surface area contributed by atoms with E-state index in [2.05, 4.69) is 5.32 Å². The molecule has 5 nitrogen and oxygen atoms in total. The molecule has 0 aromatic heterocycles. The van der Waals surface area contributed by atoms with Crippen LogP contribution in [0.5, 0.6) is 0 Å². The number of rotatable bonds is 7. The van der Waals surface area contributed by atoms with Crippen molar-refractivity contribution in [2.45, 2.75) is 11.5 Å². The Kier molecular flexibility index (Phi) is 7.03. The zero-order valence-electron chi connectivity index (χ0n) is 14.6. The van der Waals surface area contributed by atoms with Crippen LogP contribution < -0.4 is 5.32 Å². The van der Waals surface area contributed by atoms with Crippen LogP contribution in [0, 0.1) is 0 Å². The van der Waals surface area contributed by atoms with E-state index in [0.717, 1.165) is 16.1 Å². The second kappa shape index (κ2) is 9.25. The first kappa shape index (κ1) is 19.0. The van der Waals surface area contributed by atoms with Gasteiger partial charge in [-0.25, -0.2) is 0 Å². The smallest absolute Gasteiger partial charge is 0.254 e. The van der Waals surface area contributed by atoms with E-state index in [1.165, 1.54) is 4.90 Å². The second-order valence-electron chi connectivity index (χ2n) is 5.54. The van der Waals surface area contributed by atoms with E-state index in [1.807, 2.05) is 42.7 Å². The van der Waals surface area contributed by atoms with Crippen LogP contribution in [0.4, 0.5) is 5.69 Å². The van der Waals surface area contributed by atoms with E-state index in [-0.39, 0.29) is 18.4 Å². The molecule has 0 aliphatic rings. The highest BCUT2D eigenvalue weighted by Gasteiger charge is 2.15. The van der Waals surface area contributed by atoms with Crippen LogP contribution in [0.2, 0.25) is 0 Å². The van der Waals surface area contributed by atoms with Crippen LogP contribution in [0.3, 0.4) is 0 Å². The van der Waals surface area contributed by atoms with Crippen molar-refractivity contribution >= 4 is 29.3 Å². The van der Waals surface area contributed by atoms with Gasteiger partial charge in [-0.2, -0.15) is 0 Å². The van der Waals surface area contributed by atoms with Crippen LogP contribution >= 0.6 is 11.8 Å². The van der Waals surface area contributed by atoms with E-state index in [0.29, 0.717) is 12.2 Å². The van der Waals surface area contributed by atoms with Crippen molar-refractivity contribution in [1.82, 2.24) is 4.90 Å². The molecule has 0 aliphatic carbocycles. The van der Waals surface area contributed by atoms with Gasteiger partial charge in [-0.15, -0.1) is 11.8 Å². The Labute approximate surface area is 152 Å². The minimum absolute atomic E-state index is 0.0125. The van der Waals surface area contributed by atoms with Crippen LogP contribution in [-0.4, -0.2) is 43.7 Å². The zero-order valence-corrected chi connectivity index (χ0v) is 15.4. The maximum absolute atomic E-state index is 12.4. The van der Waals surface area contributed by atoms with Gasteiger partial charge in [0.15, 0.2) is 0 Å². The number of methoxy groups -OCH3 is 1. The van der Waals surface area contributed by atoms with Crippen molar-refractivity contribution in [2.75, 3.05) is 32.3 Å². The highest BCUT2D eigenvalue weighted by molar-refractivity contribution is 7.98. The molecule has 0 aliphatic heterocycles. The van der Waals surface area contributed by atoms with Gasteiger partial charge in [0.25, 0.3) is 5.91 Å². The van der Waals surface area contributed by atoms with E-state index >= 15 is 0 Å². The Balaban J connectivity index is 1.97. The molecule has 0 saturated carbocycles. The van der Waals surface area contributed by atoms with Crippen LogP contribution in [0.15, 0.2) is 53.4 Å². The number of anilines is 1. The lowest BCUT2D eigenvalue weighted by molar-refractivity contribution is -0.116. The highest BCUT2D eigenvalue weighted by Crippen LogP contribution is 2.24. The van der Waals surface area contributed by atoms with Gasteiger partial charge < -0.3 is 15.0 Å². The lowest BCUT2D eigenvalue weighted by atomic mass is 10.1. The average molecular weight is 358 g/mol. The quantitative estimate of drug-likeness (QED) is 0.772. The zero-order chi connectivity index (χ0) is 18.2. The maximum atomic E-state index is 12.4. The number of nitrogens with one attached hydrogen (secondary N) is 1. The highest BCUT2D eigenvalue weighted by atomic mass is 32.2. The molecule has 0 radical (unpaired) electrons. The van der Waals surface area contributed by atoms with Crippen molar-refractivity contribution in [2.24, 2.45) is 0 Å². The van der Waals surface area contributed by atoms with Gasteiger partial charge in [0.2, 0.25) is 5.91 Å². The Morgan fingerprint density at radius 2 is 1.80 bits per heavy atom. The first-order valence-corrected chi connectivity index (χ1v) is 9.04. The number of amides is 2. The van der Waals surface area contributed by atoms with Gasteiger partial charge >= 0.3 is 0 Å². The fourth-order valence-corrected chi connectivity index (χ4v) is 2.91. The molecule has 2 rings (SSSR count). The second-order valence-corrected chi connectivity index (χ2v) is 6.39. The number of hydrogen-bond acceptors (Lipinski definition) is 4. The van der Waals surface area contributed by atoms with Crippen molar-refractivity contribution < 1.29 is 14.3 Å². The Hall–Kier alpha value is -2.31. The molecule has 2 amide bonds. The number of benzene rings is 2. The summed E-state index contributed by atoms with van der Waals surface area (Å²) < 4.78 is 5.05. The molecule has 0 fully saturated rings. The summed E-state index contributed by atoms with van der Waals surface area (Å²) in [5.41, 5.74) is 2.29. The minimum Gasteiger partial charge on any atom is -0.380 e. The van der Waals surface area contributed by atoms with Crippen LogP contribution in [0.1, 0.15) is 15.9 Å². The van der Waals surface area contributed by atoms with Crippen molar-refractivity contribution in [3.63, 3.8) is 0 Å². The molecule has 2 aromatic carbocycles. The van der Waals surface area contributed by atoms with Crippen molar-refractivity contribution in [3.05, 3.63) is 59.7 Å². The summed E-state index contributed by atoms with van der Waals surface area (Å²) in [6.07, 6.45) is 1.95. The van der Waals surface area contributed by atoms with E-state index < -0.39 is 0 Å². The standard InChI is InChI=1S/C19H22N2O3S/c1-21(19(23)15-10-8-14(9-11-15)13-24-2)12-18(22)20-16-6-4-5-7-17(16)25-3/h4-11H,12-13H2,1-3H3,(H,20,22). The molecular formula is C19H22N2O3S. The third-order valence-corrected chi connectivity index (χ3v) is 4.42. The number of hydrogen-bond donors (Lipinski definition) is 1. The molecule has 2 aromatic rings. The molecular weight excluding hydrogens is 336 g/mol. The summed E-state index contributed by atoms with van der Waals surface area (Å²) in [5, 5.41) is 2.85. The topological polar surface area (TPSA) is 58.6 Å². The predicted molar refractivity (Wildman–Crippen MR) is 101 cm³/mol. The summed E-state index contributed by atoms with van der Waals surface area (Å²) in [6, 6.07) is 14.8. The molecule has 0 unspecified atom stereocenters. The van der Waals surface area contributed by atoms with Gasteiger partial charge in [0, 0.05) is 24.6 Å². The number of likely N-dealkylation sites (N-methyl/N-ethyl adjacent to an activating group) is 1. The molecule has 132 valence electrons. The summed E-state index contributed by atoms with van der Waals surface area (Å²) in [5.74, 6) is -0.425. The fraction of sp³-hybridized carbons (Fsp3) is 0.263. The van der Waals surface area contributed by atoms with Gasteiger partial charge in [-0.1, -0.05) is 24.3 Å². The Morgan fingerprint density at radius 1 is 1.12 bits per heavy atom. The summed E-state index contributed by atoms with van der Waals surface area (Å²) in [4.78, 5) is 27.1. The Morgan fingerprint density at radius 3 is 2.44 bits per heavy atom. The van der Waals surface area contributed by atoms with Crippen LogP contribution in [0.25, 0.3) is 0 Å². The molecule has 0 bridgehead atoms. The molecule has 0 saturated heterocycles. The summed E-state index contributed by atoms with van der Waals surface area (Å²) in [6.45, 7) is 0.489. The number of thioether (sulfide) groups is 1. The van der Waals surface area contributed by atoms with E-state index in [4.69, 9.17) is 4.74 Å². The van der Waals surface area contributed by atoms with Crippen molar-refractivity contribution in [3.8, 4) is 0 Å². The lowest BCUT2D eigenvalue weighted by Gasteiger charge is -2.17. The van der Waals surface area contributed by atoms with Gasteiger partial charge in [-0.3, -0.25) is 9.59 Å². The monoisotopic (exact) mass is 358 g/mol. The number of para-hydroxylation sites is 1. The molecule has 6 heteroatoms. The maximum Gasteiger partial charge on any atom is 0.254 e. The molecule has 0 atom stereocenters. The van der Waals surface area contributed by atoms with Gasteiger partial charge in [0.05, 0.1) is 18.8 Å². The molecule has 25 heavy (non-hydrogen) atoms. The van der Waals surface area contributed by atoms with Crippen molar-refractivity contribution in [1.29, 1.82) is 0 Å². The summed E-state index contributed by atoms with van der Waals surface area (Å²) >= 11 is 1.56. The minimum atomic E-state index is -0.228. The number of carbonyl (C=O) groups excluding carboxylic acids is 2. The number of carbonyl (C=O) groups is 2. The van der Waals surface area contributed by atoms with Crippen LogP contribution in [-0.2, 0) is 16.1 Å². The SMILES string of the molecule is COCc1ccc(C(=O)N(C)CC(=O)Nc2ccccc2SC)cc1. The van der Waals surface area contributed by atoms with E-state index in [1.54, 1.807) is 38.1 Å². The van der Waals surface area contributed by atoms with E-state index in [9.17, 15) is 9.59 Å². The third-order valence-electron chi connectivity index (χ3n) is 3.62. The predicted octanol–water partition coefficient (Wildman–Crippen LogP) is 3.27. The lowest BCUT2D eigenvalue weighted by Crippen LogP contribution is -2.35. The fourth-order valence-electron chi connectivity index (χ4n) is 2.36. The van der Waals surface area contributed by atoms with Gasteiger partial charge in [0.1, 0.15) is 0 Å². The number of ether oxygens (including phenoxy) is 1.